The van der Waals surface area contributed by atoms with E-state index in [1.165, 1.54) is 22.5 Å². The number of carbonyl (C=O) groups is 1. The minimum atomic E-state index is -0.157. The number of carbonyl (C=O) groups excluding carboxylic acids is 1. The first kappa shape index (κ1) is 21.9. The molecule has 2 aromatic carbocycles. The Morgan fingerprint density at radius 3 is 2.74 bits per heavy atom. The first-order valence-corrected chi connectivity index (χ1v) is 12.0. The molecule has 0 bridgehead atoms. The normalized spacial score (nSPS) is 10.9. The molecule has 2 aromatic heterocycles. The zero-order chi connectivity index (χ0) is 21.8. The molecule has 2 heterocycles. The van der Waals surface area contributed by atoms with Crippen molar-refractivity contribution in [2.45, 2.75) is 24.4 Å². The zero-order valence-corrected chi connectivity index (χ0v) is 19.7. The van der Waals surface area contributed by atoms with Crippen molar-refractivity contribution in [3.05, 3.63) is 91.9 Å². The van der Waals surface area contributed by atoms with Gasteiger partial charge in [0.1, 0.15) is 0 Å². The Bertz CT molecular complexity index is 1210. The van der Waals surface area contributed by atoms with Crippen molar-refractivity contribution < 1.29 is 4.79 Å². The van der Waals surface area contributed by atoms with Crippen LogP contribution in [0.2, 0.25) is 10.0 Å². The number of aromatic nitrogens is 3. The van der Waals surface area contributed by atoms with Gasteiger partial charge in [-0.3, -0.25) is 9.36 Å². The highest BCUT2D eigenvalue weighted by molar-refractivity contribution is 7.98. The maximum Gasteiger partial charge on any atom is 0.261 e. The SMILES string of the molecule is Cc1ccccc1CSc1nnc(CNC(=O)c2cccs2)n1-c1cc(Cl)ccc1Cl. The summed E-state index contributed by atoms with van der Waals surface area (Å²) in [5.41, 5.74) is 3.10. The van der Waals surface area contributed by atoms with Crippen molar-refractivity contribution in [2.24, 2.45) is 0 Å². The van der Waals surface area contributed by atoms with Gasteiger partial charge in [0.05, 0.1) is 22.1 Å². The van der Waals surface area contributed by atoms with Gasteiger partial charge in [-0.25, -0.2) is 0 Å². The zero-order valence-electron chi connectivity index (χ0n) is 16.5. The fourth-order valence-corrected chi connectivity index (χ4v) is 5.02. The van der Waals surface area contributed by atoms with Crippen LogP contribution in [0.5, 0.6) is 0 Å². The number of benzene rings is 2. The number of hydrogen-bond acceptors (Lipinski definition) is 5. The van der Waals surface area contributed by atoms with Gasteiger partial charge in [-0.2, -0.15) is 0 Å². The predicted molar refractivity (Wildman–Crippen MR) is 128 cm³/mol. The van der Waals surface area contributed by atoms with Gasteiger partial charge in [-0.15, -0.1) is 21.5 Å². The molecule has 5 nitrogen and oxygen atoms in total. The first-order chi connectivity index (χ1) is 15.0. The second-order valence-electron chi connectivity index (χ2n) is 6.71. The molecule has 0 fully saturated rings. The Balaban J connectivity index is 1.64. The van der Waals surface area contributed by atoms with E-state index in [0.717, 1.165) is 5.75 Å². The summed E-state index contributed by atoms with van der Waals surface area (Å²) >= 11 is 15.7. The molecule has 4 aromatic rings. The molecule has 4 rings (SSSR count). The lowest BCUT2D eigenvalue weighted by Gasteiger charge is -2.13. The summed E-state index contributed by atoms with van der Waals surface area (Å²) in [5.74, 6) is 1.14. The topological polar surface area (TPSA) is 59.8 Å². The summed E-state index contributed by atoms with van der Waals surface area (Å²) in [6.07, 6.45) is 0. The summed E-state index contributed by atoms with van der Waals surface area (Å²) in [4.78, 5) is 13.0. The standard InChI is InChI=1S/C22H18Cl2N4OS2/c1-14-5-2-3-6-15(14)13-31-22-27-26-20(12-25-21(29)19-7-4-10-30-19)28(22)18-11-16(23)8-9-17(18)24/h2-11H,12-13H2,1H3,(H,25,29). The van der Waals surface area contributed by atoms with E-state index in [1.54, 1.807) is 36.0 Å². The highest BCUT2D eigenvalue weighted by Crippen LogP contribution is 2.31. The van der Waals surface area contributed by atoms with Crippen LogP contribution in [-0.2, 0) is 12.3 Å². The van der Waals surface area contributed by atoms with E-state index in [9.17, 15) is 4.79 Å². The van der Waals surface area contributed by atoms with Crippen LogP contribution in [0.15, 0.2) is 65.1 Å². The fraction of sp³-hybridized carbons (Fsp3) is 0.136. The number of nitrogens with zero attached hydrogens (tertiary/aromatic N) is 3. The van der Waals surface area contributed by atoms with E-state index in [0.29, 0.717) is 31.6 Å². The van der Waals surface area contributed by atoms with Crippen LogP contribution in [0, 0.1) is 6.92 Å². The Labute approximate surface area is 198 Å². The molecule has 0 spiro atoms. The predicted octanol–water partition coefficient (Wildman–Crippen LogP) is 6.17. The number of nitrogens with one attached hydrogen (secondary N) is 1. The van der Waals surface area contributed by atoms with Crippen molar-refractivity contribution in [1.29, 1.82) is 0 Å². The van der Waals surface area contributed by atoms with Crippen LogP contribution in [0.3, 0.4) is 0 Å². The molecule has 0 saturated carbocycles. The molecule has 0 aliphatic rings. The molecule has 9 heteroatoms. The van der Waals surface area contributed by atoms with E-state index in [2.05, 4.69) is 34.6 Å². The minimum absolute atomic E-state index is 0.157. The molecule has 0 radical (unpaired) electrons. The quantitative estimate of drug-likeness (QED) is 0.316. The van der Waals surface area contributed by atoms with Gasteiger partial charge >= 0.3 is 0 Å². The minimum Gasteiger partial charge on any atom is -0.344 e. The second-order valence-corrected chi connectivity index (χ2v) is 9.44. The van der Waals surface area contributed by atoms with E-state index in [4.69, 9.17) is 23.2 Å². The van der Waals surface area contributed by atoms with Gasteiger partial charge in [-0.1, -0.05) is 65.3 Å². The maximum absolute atomic E-state index is 12.4. The van der Waals surface area contributed by atoms with E-state index < -0.39 is 0 Å². The monoisotopic (exact) mass is 488 g/mol. The summed E-state index contributed by atoms with van der Waals surface area (Å²) in [6, 6.07) is 17.1. The first-order valence-electron chi connectivity index (χ1n) is 9.41. The molecule has 0 unspecified atom stereocenters. The van der Waals surface area contributed by atoms with Gasteiger partial charge in [0.2, 0.25) is 0 Å². The molecular formula is C22H18Cl2N4OS2. The summed E-state index contributed by atoms with van der Waals surface area (Å²) in [7, 11) is 0. The van der Waals surface area contributed by atoms with Crippen molar-refractivity contribution in [3.63, 3.8) is 0 Å². The maximum atomic E-state index is 12.4. The van der Waals surface area contributed by atoms with Gasteiger partial charge in [-0.05, 0) is 47.7 Å². The van der Waals surface area contributed by atoms with Crippen LogP contribution in [-0.4, -0.2) is 20.7 Å². The largest absolute Gasteiger partial charge is 0.344 e. The van der Waals surface area contributed by atoms with Crippen LogP contribution in [0.25, 0.3) is 5.69 Å². The van der Waals surface area contributed by atoms with Crippen LogP contribution < -0.4 is 5.32 Å². The number of hydrogen-bond donors (Lipinski definition) is 1. The van der Waals surface area contributed by atoms with E-state index >= 15 is 0 Å². The van der Waals surface area contributed by atoms with Gasteiger partial charge < -0.3 is 5.32 Å². The number of amides is 1. The van der Waals surface area contributed by atoms with Crippen LogP contribution in [0.1, 0.15) is 26.6 Å². The van der Waals surface area contributed by atoms with Gasteiger partial charge in [0, 0.05) is 10.8 Å². The molecule has 158 valence electrons. The lowest BCUT2D eigenvalue weighted by atomic mass is 10.1. The second kappa shape index (κ2) is 9.87. The average molecular weight is 489 g/mol. The average Bonchev–Trinajstić information content (AvgIpc) is 3.43. The number of thioether (sulfide) groups is 1. The highest BCUT2D eigenvalue weighted by Gasteiger charge is 2.18. The third-order valence-corrected chi connectivity index (χ3v) is 7.02. The van der Waals surface area contributed by atoms with Gasteiger partial charge in [0.25, 0.3) is 5.91 Å². The molecule has 0 saturated heterocycles. The number of aryl methyl sites for hydroxylation is 1. The van der Waals surface area contributed by atoms with Crippen molar-refractivity contribution in [3.8, 4) is 5.69 Å². The molecule has 31 heavy (non-hydrogen) atoms. The number of rotatable bonds is 7. The Hall–Kier alpha value is -2.32. The number of halogens is 2. The summed E-state index contributed by atoms with van der Waals surface area (Å²) in [5, 5.41) is 15.2. The third-order valence-electron chi connectivity index (χ3n) is 4.62. The number of thiophene rings is 1. The van der Waals surface area contributed by atoms with Crippen molar-refractivity contribution in [1.82, 2.24) is 20.1 Å². The van der Waals surface area contributed by atoms with Crippen LogP contribution >= 0.6 is 46.3 Å². The molecular weight excluding hydrogens is 471 g/mol. The van der Waals surface area contributed by atoms with E-state index in [1.807, 2.05) is 28.1 Å². The fourth-order valence-electron chi connectivity index (χ4n) is 2.98. The smallest absolute Gasteiger partial charge is 0.261 e. The molecule has 0 atom stereocenters. The molecule has 1 amide bonds. The lowest BCUT2D eigenvalue weighted by molar-refractivity contribution is 0.0953. The third kappa shape index (κ3) is 5.13. The van der Waals surface area contributed by atoms with Crippen molar-refractivity contribution >= 4 is 52.2 Å². The molecule has 0 aliphatic heterocycles. The van der Waals surface area contributed by atoms with Crippen LogP contribution in [0.4, 0.5) is 0 Å². The van der Waals surface area contributed by atoms with Gasteiger partial charge in [0.15, 0.2) is 11.0 Å². The Morgan fingerprint density at radius 1 is 1.13 bits per heavy atom. The lowest BCUT2D eigenvalue weighted by Crippen LogP contribution is -2.24. The molecule has 0 aliphatic carbocycles. The summed E-state index contributed by atoms with van der Waals surface area (Å²) < 4.78 is 1.85. The molecule has 1 N–H and O–H groups in total. The van der Waals surface area contributed by atoms with E-state index in [-0.39, 0.29) is 12.5 Å². The summed E-state index contributed by atoms with van der Waals surface area (Å²) in [6.45, 7) is 2.29. The highest BCUT2D eigenvalue weighted by atomic mass is 35.5. The Kier molecular flexibility index (Phi) is 6.97. The Morgan fingerprint density at radius 2 is 1.97 bits per heavy atom. The van der Waals surface area contributed by atoms with Crippen molar-refractivity contribution in [2.75, 3.05) is 0 Å².